The predicted molar refractivity (Wildman–Crippen MR) is 90.3 cm³/mol. The molecule has 0 saturated carbocycles. The number of halogens is 1. The number of hydrogen-bond acceptors (Lipinski definition) is 4. The van der Waals surface area contributed by atoms with Crippen LogP contribution in [0.3, 0.4) is 0 Å². The van der Waals surface area contributed by atoms with Crippen molar-refractivity contribution in [2.75, 3.05) is 20.1 Å². The fourth-order valence-corrected chi connectivity index (χ4v) is 4.03. The highest BCUT2D eigenvalue weighted by atomic mass is 35.5. The second kappa shape index (κ2) is 8.15. The third kappa shape index (κ3) is 4.59. The van der Waals surface area contributed by atoms with E-state index in [4.69, 9.17) is 4.74 Å². The zero-order chi connectivity index (χ0) is 15.5. The Morgan fingerprint density at radius 1 is 1.27 bits per heavy atom. The molecule has 1 aliphatic heterocycles. The number of likely N-dealkylation sites (N-methyl/N-ethyl adjacent to an activating group) is 1. The third-order valence-corrected chi connectivity index (χ3v) is 5.51. The van der Waals surface area contributed by atoms with Crippen molar-refractivity contribution in [3.8, 4) is 5.75 Å². The minimum absolute atomic E-state index is 0. The van der Waals surface area contributed by atoms with Gasteiger partial charge in [0.1, 0.15) is 5.75 Å². The Labute approximate surface area is 139 Å². The van der Waals surface area contributed by atoms with Gasteiger partial charge in [-0.25, -0.2) is 8.42 Å². The monoisotopic (exact) mass is 348 g/mol. The van der Waals surface area contributed by atoms with Gasteiger partial charge in [0.25, 0.3) is 0 Å². The number of piperidine rings is 1. The zero-order valence-corrected chi connectivity index (χ0v) is 14.9. The van der Waals surface area contributed by atoms with E-state index in [1.165, 1.54) is 0 Å². The maximum Gasteiger partial charge on any atom is 0.243 e. The van der Waals surface area contributed by atoms with E-state index in [0.29, 0.717) is 23.7 Å². The molecular weight excluding hydrogens is 324 g/mol. The molecule has 0 aromatic heterocycles. The first-order chi connectivity index (χ1) is 9.93. The fourth-order valence-electron chi connectivity index (χ4n) is 2.51. The highest BCUT2D eigenvalue weighted by Crippen LogP contribution is 2.23. The van der Waals surface area contributed by atoms with Crippen molar-refractivity contribution in [3.05, 3.63) is 24.3 Å². The molecule has 0 amide bonds. The van der Waals surface area contributed by atoms with E-state index in [0.717, 1.165) is 12.8 Å². The maximum absolute atomic E-state index is 12.6. The molecule has 1 saturated heterocycles. The van der Waals surface area contributed by atoms with E-state index in [9.17, 15) is 8.42 Å². The van der Waals surface area contributed by atoms with E-state index in [2.05, 4.69) is 5.32 Å². The number of hydrogen-bond donors (Lipinski definition) is 1. The fraction of sp³-hybridized carbons (Fsp3) is 0.600. The Kier molecular flexibility index (Phi) is 7.12. The Hall–Kier alpha value is -0.820. The van der Waals surface area contributed by atoms with Crippen LogP contribution in [0.4, 0.5) is 0 Å². The molecule has 1 atom stereocenters. The summed E-state index contributed by atoms with van der Waals surface area (Å²) in [5.41, 5.74) is 0. The van der Waals surface area contributed by atoms with Gasteiger partial charge in [-0.15, -0.1) is 12.4 Å². The Morgan fingerprint density at radius 3 is 2.45 bits per heavy atom. The molecule has 1 N–H and O–H groups in total. The van der Waals surface area contributed by atoms with Crippen LogP contribution < -0.4 is 10.1 Å². The van der Waals surface area contributed by atoms with Crippen molar-refractivity contribution >= 4 is 22.4 Å². The van der Waals surface area contributed by atoms with E-state index in [-0.39, 0.29) is 24.6 Å². The molecule has 126 valence electrons. The van der Waals surface area contributed by atoms with Crippen LogP contribution in [0.2, 0.25) is 0 Å². The molecule has 1 aromatic carbocycles. The van der Waals surface area contributed by atoms with Crippen LogP contribution in [0.5, 0.6) is 5.75 Å². The van der Waals surface area contributed by atoms with Crippen LogP contribution >= 0.6 is 12.4 Å². The molecule has 0 bridgehead atoms. The molecule has 0 radical (unpaired) electrons. The van der Waals surface area contributed by atoms with E-state index in [1.54, 1.807) is 28.6 Å². The van der Waals surface area contributed by atoms with E-state index in [1.807, 2.05) is 20.9 Å². The quantitative estimate of drug-likeness (QED) is 0.886. The Balaban J connectivity index is 0.00000242. The molecule has 1 aromatic rings. The average Bonchev–Trinajstić information content (AvgIpc) is 2.47. The van der Waals surface area contributed by atoms with Crippen molar-refractivity contribution in [3.63, 3.8) is 0 Å². The standard InChI is InChI=1S/C15H24N2O3S.ClH/c1-12(2)20-14-6-8-15(9-7-14)21(18,19)17-10-4-5-13(11-17)16-3;/h6-9,12-13,16H,4-5,10-11H2,1-3H3;1H. The summed E-state index contributed by atoms with van der Waals surface area (Å²) >= 11 is 0. The minimum Gasteiger partial charge on any atom is -0.491 e. The van der Waals surface area contributed by atoms with Crippen molar-refractivity contribution in [1.29, 1.82) is 0 Å². The lowest BCUT2D eigenvalue weighted by atomic mass is 10.1. The topological polar surface area (TPSA) is 58.6 Å². The highest BCUT2D eigenvalue weighted by Gasteiger charge is 2.29. The first-order valence-corrected chi connectivity index (χ1v) is 8.81. The van der Waals surface area contributed by atoms with Crippen molar-refractivity contribution < 1.29 is 13.2 Å². The molecule has 1 heterocycles. The molecule has 1 fully saturated rings. The van der Waals surface area contributed by atoms with Crippen LogP contribution in [0.25, 0.3) is 0 Å². The largest absolute Gasteiger partial charge is 0.491 e. The lowest BCUT2D eigenvalue weighted by Gasteiger charge is -2.31. The molecule has 7 heteroatoms. The van der Waals surface area contributed by atoms with Crippen LogP contribution in [-0.2, 0) is 10.0 Å². The second-order valence-electron chi connectivity index (χ2n) is 5.63. The van der Waals surface area contributed by atoms with Gasteiger partial charge in [0.05, 0.1) is 11.0 Å². The smallest absolute Gasteiger partial charge is 0.243 e. The SMILES string of the molecule is CNC1CCCN(S(=O)(=O)c2ccc(OC(C)C)cc2)C1.Cl. The molecule has 0 spiro atoms. The highest BCUT2D eigenvalue weighted by molar-refractivity contribution is 7.89. The van der Waals surface area contributed by atoms with Gasteiger partial charge in [-0.2, -0.15) is 4.31 Å². The first kappa shape index (κ1) is 19.2. The number of ether oxygens (including phenoxy) is 1. The summed E-state index contributed by atoms with van der Waals surface area (Å²) in [7, 11) is -1.54. The maximum atomic E-state index is 12.6. The van der Waals surface area contributed by atoms with Crippen LogP contribution in [-0.4, -0.2) is 45.0 Å². The lowest BCUT2D eigenvalue weighted by molar-refractivity contribution is 0.242. The molecule has 0 aliphatic carbocycles. The summed E-state index contributed by atoms with van der Waals surface area (Å²) in [6, 6.07) is 6.90. The number of nitrogens with one attached hydrogen (secondary N) is 1. The lowest BCUT2D eigenvalue weighted by Crippen LogP contribution is -2.46. The molecule has 22 heavy (non-hydrogen) atoms. The Morgan fingerprint density at radius 2 is 1.91 bits per heavy atom. The van der Waals surface area contributed by atoms with Gasteiger partial charge >= 0.3 is 0 Å². The minimum atomic E-state index is -3.41. The van der Waals surface area contributed by atoms with Gasteiger partial charge in [0, 0.05) is 19.1 Å². The summed E-state index contributed by atoms with van der Waals surface area (Å²) in [6.07, 6.45) is 1.98. The molecular formula is C15H25ClN2O3S. The van der Waals surface area contributed by atoms with Gasteiger partial charge in [-0.05, 0) is 58.0 Å². The molecule has 5 nitrogen and oxygen atoms in total. The van der Waals surface area contributed by atoms with Crippen molar-refractivity contribution in [1.82, 2.24) is 9.62 Å². The summed E-state index contributed by atoms with van der Waals surface area (Å²) in [6.45, 7) is 5.00. The molecule has 1 aliphatic rings. The van der Waals surface area contributed by atoms with E-state index < -0.39 is 10.0 Å². The first-order valence-electron chi connectivity index (χ1n) is 7.37. The summed E-state index contributed by atoms with van der Waals surface area (Å²) < 4.78 is 32.4. The second-order valence-corrected chi connectivity index (χ2v) is 7.57. The van der Waals surface area contributed by atoms with Gasteiger partial charge < -0.3 is 10.1 Å². The number of benzene rings is 1. The summed E-state index contributed by atoms with van der Waals surface area (Å²) in [5, 5.41) is 3.16. The number of sulfonamides is 1. The van der Waals surface area contributed by atoms with Gasteiger partial charge in [0.2, 0.25) is 10.0 Å². The third-order valence-electron chi connectivity index (χ3n) is 3.63. The van der Waals surface area contributed by atoms with E-state index >= 15 is 0 Å². The van der Waals surface area contributed by atoms with Gasteiger partial charge in [-0.1, -0.05) is 0 Å². The number of nitrogens with zero attached hydrogens (tertiary/aromatic N) is 1. The number of rotatable bonds is 5. The van der Waals surface area contributed by atoms with Crippen LogP contribution in [0.1, 0.15) is 26.7 Å². The Bertz CT molecular complexity index is 561. The van der Waals surface area contributed by atoms with Crippen LogP contribution in [0, 0.1) is 0 Å². The van der Waals surface area contributed by atoms with Gasteiger partial charge in [0.15, 0.2) is 0 Å². The zero-order valence-electron chi connectivity index (χ0n) is 13.3. The van der Waals surface area contributed by atoms with Gasteiger partial charge in [-0.3, -0.25) is 0 Å². The van der Waals surface area contributed by atoms with Crippen molar-refractivity contribution in [2.45, 2.75) is 43.7 Å². The van der Waals surface area contributed by atoms with Crippen LogP contribution in [0.15, 0.2) is 29.2 Å². The average molecular weight is 349 g/mol. The summed E-state index contributed by atoms with van der Waals surface area (Å²) in [5.74, 6) is 0.690. The normalized spacial score (nSPS) is 19.7. The molecule has 2 rings (SSSR count). The summed E-state index contributed by atoms with van der Waals surface area (Å²) in [4.78, 5) is 0.329. The van der Waals surface area contributed by atoms with Crippen molar-refractivity contribution in [2.24, 2.45) is 0 Å². The molecule has 1 unspecified atom stereocenters. The predicted octanol–water partition coefficient (Wildman–Crippen LogP) is 2.27.